The first kappa shape index (κ1) is 15.4. The van der Waals surface area contributed by atoms with Gasteiger partial charge >= 0.3 is 0 Å². The normalized spacial score (nSPS) is 25.6. The highest BCUT2D eigenvalue weighted by Gasteiger charge is 2.43. The molecule has 0 radical (unpaired) electrons. The number of piperazine rings is 1. The fourth-order valence-corrected chi connectivity index (χ4v) is 2.99. The molecule has 3 heterocycles. The van der Waals surface area contributed by atoms with E-state index >= 15 is 0 Å². The Balaban J connectivity index is 1.49. The molecule has 1 unspecified atom stereocenters. The average Bonchev–Trinajstić information content (AvgIpc) is 3.05. The second-order valence-electron chi connectivity index (χ2n) is 6.05. The molecule has 0 bridgehead atoms. The van der Waals surface area contributed by atoms with E-state index in [9.17, 15) is 13.6 Å². The number of aromatic nitrogens is 2. The Morgan fingerprint density at radius 3 is 2.68 bits per heavy atom. The quantitative estimate of drug-likeness (QED) is 0.857. The summed E-state index contributed by atoms with van der Waals surface area (Å²) in [4.78, 5) is 20.5. The van der Waals surface area contributed by atoms with Gasteiger partial charge in [0.1, 0.15) is 5.82 Å². The summed E-state index contributed by atoms with van der Waals surface area (Å²) in [5, 5.41) is 2.63. The topological polar surface area (TPSA) is 53.4 Å². The molecule has 2 saturated heterocycles. The fourth-order valence-electron chi connectivity index (χ4n) is 2.99. The molecule has 6 nitrogen and oxygen atoms in total. The van der Waals surface area contributed by atoms with Gasteiger partial charge in [-0.25, -0.2) is 13.8 Å². The second-order valence-corrected chi connectivity index (χ2v) is 6.05. The van der Waals surface area contributed by atoms with Crippen LogP contribution < -0.4 is 5.32 Å². The third kappa shape index (κ3) is 3.27. The summed E-state index contributed by atoms with van der Waals surface area (Å²) in [7, 11) is 1.95. The van der Waals surface area contributed by atoms with Crippen LogP contribution in [0.1, 0.15) is 12.2 Å². The molecule has 1 aromatic heterocycles. The van der Waals surface area contributed by atoms with Crippen molar-refractivity contribution in [3.05, 3.63) is 18.2 Å². The predicted molar refractivity (Wildman–Crippen MR) is 76.4 cm³/mol. The van der Waals surface area contributed by atoms with Crippen LogP contribution in [0.15, 0.2) is 12.4 Å². The highest BCUT2D eigenvalue weighted by atomic mass is 19.3. The number of hydrogen-bond acceptors (Lipinski definition) is 4. The number of rotatable bonds is 3. The van der Waals surface area contributed by atoms with E-state index < -0.39 is 18.5 Å². The number of carbonyl (C=O) groups is 1. The Hall–Kier alpha value is -1.54. The summed E-state index contributed by atoms with van der Waals surface area (Å²) in [6.07, 6.45) is 3.28. The molecule has 8 heteroatoms. The second kappa shape index (κ2) is 5.92. The van der Waals surface area contributed by atoms with Gasteiger partial charge in [0.05, 0.1) is 19.1 Å². The van der Waals surface area contributed by atoms with Gasteiger partial charge in [-0.3, -0.25) is 15.0 Å². The van der Waals surface area contributed by atoms with Crippen LogP contribution in [-0.2, 0) is 18.4 Å². The summed E-state index contributed by atoms with van der Waals surface area (Å²) >= 11 is 0. The molecule has 0 aromatic carbocycles. The van der Waals surface area contributed by atoms with Crippen molar-refractivity contribution in [2.24, 2.45) is 7.05 Å². The minimum atomic E-state index is -2.76. The van der Waals surface area contributed by atoms with E-state index in [1.807, 2.05) is 17.8 Å². The number of nitrogens with zero attached hydrogens (tertiary/aromatic N) is 4. The van der Waals surface area contributed by atoms with Crippen LogP contribution in [0, 0.1) is 0 Å². The van der Waals surface area contributed by atoms with E-state index in [0.717, 1.165) is 25.5 Å². The Morgan fingerprint density at radius 1 is 1.41 bits per heavy atom. The fraction of sp³-hybridized carbons (Fsp3) is 0.714. The zero-order valence-corrected chi connectivity index (χ0v) is 12.6. The van der Waals surface area contributed by atoms with Crippen LogP contribution in [0.3, 0.4) is 0 Å². The van der Waals surface area contributed by atoms with Gasteiger partial charge in [-0.15, -0.1) is 0 Å². The maximum Gasteiger partial charge on any atom is 0.262 e. The highest BCUT2D eigenvalue weighted by molar-refractivity contribution is 5.82. The van der Waals surface area contributed by atoms with Crippen molar-refractivity contribution < 1.29 is 13.6 Å². The zero-order valence-electron chi connectivity index (χ0n) is 12.6. The lowest BCUT2D eigenvalue weighted by atomic mass is 10.1. The minimum absolute atomic E-state index is 0.200. The molecule has 1 N–H and O–H groups in total. The SMILES string of the molecule is Cn1ccnc1CN1CCN(C(=O)C2CC(F)(F)CN2)CC1. The van der Waals surface area contributed by atoms with E-state index in [1.54, 1.807) is 11.1 Å². The molecule has 1 amide bonds. The molecule has 0 spiro atoms. The van der Waals surface area contributed by atoms with Gasteiger partial charge in [0.15, 0.2) is 0 Å². The first-order chi connectivity index (χ1) is 10.4. The molecule has 0 saturated carbocycles. The largest absolute Gasteiger partial charge is 0.339 e. The highest BCUT2D eigenvalue weighted by Crippen LogP contribution is 2.26. The Labute approximate surface area is 128 Å². The number of imidazole rings is 1. The maximum atomic E-state index is 13.2. The lowest BCUT2D eigenvalue weighted by Gasteiger charge is -2.35. The van der Waals surface area contributed by atoms with Crippen molar-refractivity contribution in [2.75, 3.05) is 32.7 Å². The van der Waals surface area contributed by atoms with E-state index in [4.69, 9.17) is 0 Å². The zero-order chi connectivity index (χ0) is 15.7. The molecule has 0 aliphatic carbocycles. The summed E-state index contributed by atoms with van der Waals surface area (Å²) in [6, 6.07) is -0.740. The van der Waals surface area contributed by atoms with Crippen molar-refractivity contribution in [2.45, 2.75) is 24.9 Å². The molecule has 2 fully saturated rings. The molecule has 22 heavy (non-hydrogen) atoms. The molecule has 2 aliphatic heterocycles. The van der Waals surface area contributed by atoms with Crippen molar-refractivity contribution in [1.29, 1.82) is 0 Å². The standard InChI is InChI=1S/C14H21F2N5O/c1-19-3-2-17-12(19)9-20-4-6-21(7-5-20)13(22)11-8-14(15,16)10-18-11/h2-3,11,18H,4-10H2,1H3. The van der Waals surface area contributed by atoms with Crippen molar-refractivity contribution in [3.8, 4) is 0 Å². The molecule has 3 rings (SSSR count). The number of halogens is 2. The Bertz CT molecular complexity index is 539. The monoisotopic (exact) mass is 313 g/mol. The molecular weight excluding hydrogens is 292 g/mol. The number of carbonyl (C=O) groups excluding carboxylic acids is 1. The van der Waals surface area contributed by atoms with Crippen molar-refractivity contribution in [1.82, 2.24) is 24.7 Å². The summed E-state index contributed by atoms with van der Waals surface area (Å²) in [6.45, 7) is 2.97. The number of amides is 1. The minimum Gasteiger partial charge on any atom is -0.339 e. The van der Waals surface area contributed by atoms with E-state index in [-0.39, 0.29) is 12.3 Å². The molecule has 1 aromatic rings. The first-order valence-electron chi connectivity index (χ1n) is 7.53. The van der Waals surface area contributed by atoms with E-state index in [0.29, 0.717) is 13.1 Å². The average molecular weight is 313 g/mol. The van der Waals surface area contributed by atoms with Gasteiger partial charge in [-0.1, -0.05) is 0 Å². The number of nitrogens with one attached hydrogen (secondary N) is 1. The van der Waals surface area contributed by atoms with Gasteiger partial charge in [-0.2, -0.15) is 0 Å². The van der Waals surface area contributed by atoms with Crippen LogP contribution in [0.25, 0.3) is 0 Å². The maximum absolute atomic E-state index is 13.2. The van der Waals surface area contributed by atoms with Crippen molar-refractivity contribution in [3.63, 3.8) is 0 Å². The van der Waals surface area contributed by atoms with Gasteiger partial charge in [-0.05, 0) is 0 Å². The third-order valence-electron chi connectivity index (χ3n) is 4.38. The number of aryl methyl sites for hydroxylation is 1. The number of alkyl halides is 2. The van der Waals surface area contributed by atoms with Gasteiger partial charge < -0.3 is 9.47 Å². The summed E-state index contributed by atoms with van der Waals surface area (Å²) < 4.78 is 28.3. The van der Waals surface area contributed by atoms with Gasteiger partial charge in [0, 0.05) is 52.0 Å². The lowest BCUT2D eigenvalue weighted by molar-refractivity contribution is -0.135. The van der Waals surface area contributed by atoms with Crippen LogP contribution in [-0.4, -0.2) is 69.9 Å². The van der Waals surface area contributed by atoms with Crippen LogP contribution >= 0.6 is 0 Å². The molecule has 1 atom stereocenters. The van der Waals surface area contributed by atoms with Crippen molar-refractivity contribution >= 4 is 5.91 Å². The van der Waals surface area contributed by atoms with Crippen LogP contribution in [0.5, 0.6) is 0 Å². The molecular formula is C14H21F2N5O. The van der Waals surface area contributed by atoms with E-state index in [2.05, 4.69) is 15.2 Å². The smallest absolute Gasteiger partial charge is 0.262 e. The summed E-state index contributed by atoms with van der Waals surface area (Å²) in [5.41, 5.74) is 0. The van der Waals surface area contributed by atoms with Crippen LogP contribution in [0.4, 0.5) is 8.78 Å². The molecule has 122 valence electrons. The van der Waals surface area contributed by atoms with Gasteiger partial charge in [0.2, 0.25) is 5.91 Å². The Morgan fingerprint density at radius 2 is 2.14 bits per heavy atom. The molecule has 2 aliphatic rings. The van der Waals surface area contributed by atoms with Crippen LogP contribution in [0.2, 0.25) is 0 Å². The first-order valence-corrected chi connectivity index (χ1v) is 7.53. The Kier molecular flexibility index (Phi) is 4.14. The number of hydrogen-bond donors (Lipinski definition) is 1. The third-order valence-corrected chi connectivity index (χ3v) is 4.38. The summed E-state index contributed by atoms with van der Waals surface area (Å²) in [5.74, 6) is -1.98. The lowest BCUT2D eigenvalue weighted by Crippen LogP contribution is -2.52. The predicted octanol–water partition coefficient (Wildman–Crippen LogP) is 0.0615. The van der Waals surface area contributed by atoms with Gasteiger partial charge in [0.25, 0.3) is 5.92 Å². The van der Waals surface area contributed by atoms with E-state index in [1.165, 1.54) is 0 Å².